The fraction of sp³-hybridized carbons (Fsp3) is 0.273. The minimum Gasteiger partial charge on any atom is -0.497 e. The Kier molecular flexibility index (Phi) is 6.82. The van der Waals surface area contributed by atoms with Gasteiger partial charge in [-0.05, 0) is 73.1 Å². The van der Waals surface area contributed by atoms with E-state index in [0.29, 0.717) is 21.6 Å². The number of ether oxygens (including phenoxy) is 3. The first-order valence-electron chi connectivity index (χ1n) is 9.30. The highest BCUT2D eigenvalue weighted by atomic mass is 32.2. The zero-order valence-electron chi connectivity index (χ0n) is 16.9. The number of nitrogens with zero attached hydrogens (tertiary/aromatic N) is 1. The van der Waals surface area contributed by atoms with Gasteiger partial charge in [-0.1, -0.05) is 13.0 Å². The Morgan fingerprint density at radius 2 is 1.86 bits per heavy atom. The van der Waals surface area contributed by atoms with E-state index in [1.54, 1.807) is 14.2 Å². The Balaban J connectivity index is 1.77. The lowest BCUT2D eigenvalue weighted by molar-refractivity contribution is -0.115. The molecule has 6 nitrogen and oxygen atoms in total. The number of carbonyl (C=O) groups is 1. The maximum Gasteiger partial charge on any atom is 0.264 e. The molecule has 7 heteroatoms. The summed E-state index contributed by atoms with van der Waals surface area (Å²) in [4.78, 5) is 17.4. The number of hydrogen-bond donors (Lipinski definition) is 1. The average molecular weight is 413 g/mol. The highest BCUT2D eigenvalue weighted by molar-refractivity contribution is 8.18. The molecule has 29 heavy (non-hydrogen) atoms. The molecule has 152 valence electrons. The number of hydrogen-bond acceptors (Lipinski definition) is 6. The Morgan fingerprint density at radius 1 is 1.10 bits per heavy atom. The second-order valence-electron chi connectivity index (χ2n) is 6.43. The molecule has 1 heterocycles. The van der Waals surface area contributed by atoms with Gasteiger partial charge < -0.3 is 19.5 Å². The summed E-state index contributed by atoms with van der Waals surface area (Å²) in [5, 5.41) is 3.33. The molecule has 0 bridgehead atoms. The zero-order valence-corrected chi connectivity index (χ0v) is 17.7. The van der Waals surface area contributed by atoms with Crippen molar-refractivity contribution in [1.29, 1.82) is 0 Å². The fourth-order valence-corrected chi connectivity index (χ4v) is 3.42. The molecule has 1 atom stereocenters. The summed E-state index contributed by atoms with van der Waals surface area (Å²) in [5.74, 6) is 1.90. The van der Waals surface area contributed by atoms with Crippen molar-refractivity contribution in [2.75, 3.05) is 14.2 Å². The van der Waals surface area contributed by atoms with Gasteiger partial charge in [-0.2, -0.15) is 0 Å². The highest BCUT2D eigenvalue weighted by Gasteiger charge is 2.24. The number of methoxy groups -OCH3 is 2. The van der Waals surface area contributed by atoms with Crippen LogP contribution in [0.3, 0.4) is 0 Å². The van der Waals surface area contributed by atoms with Gasteiger partial charge in [0.2, 0.25) is 0 Å². The van der Waals surface area contributed by atoms with Crippen molar-refractivity contribution in [2.45, 2.75) is 26.4 Å². The van der Waals surface area contributed by atoms with Crippen LogP contribution in [0.4, 0.5) is 5.69 Å². The van der Waals surface area contributed by atoms with Gasteiger partial charge in [-0.15, -0.1) is 0 Å². The van der Waals surface area contributed by atoms with Crippen LogP contribution in [-0.2, 0) is 4.79 Å². The van der Waals surface area contributed by atoms with Crippen LogP contribution in [0.2, 0.25) is 0 Å². The van der Waals surface area contributed by atoms with Crippen molar-refractivity contribution in [2.24, 2.45) is 4.99 Å². The van der Waals surface area contributed by atoms with E-state index in [9.17, 15) is 4.79 Å². The van der Waals surface area contributed by atoms with Gasteiger partial charge in [0.1, 0.15) is 5.75 Å². The third kappa shape index (κ3) is 5.32. The Morgan fingerprint density at radius 3 is 2.52 bits per heavy atom. The van der Waals surface area contributed by atoms with Gasteiger partial charge >= 0.3 is 0 Å². The largest absolute Gasteiger partial charge is 0.497 e. The molecule has 0 saturated carbocycles. The number of rotatable bonds is 7. The van der Waals surface area contributed by atoms with E-state index >= 15 is 0 Å². The number of thioether (sulfide) groups is 1. The predicted molar refractivity (Wildman–Crippen MR) is 117 cm³/mol. The van der Waals surface area contributed by atoms with E-state index in [-0.39, 0.29) is 12.0 Å². The van der Waals surface area contributed by atoms with E-state index in [2.05, 4.69) is 17.2 Å². The Labute approximate surface area is 175 Å². The minimum atomic E-state index is -0.179. The quantitative estimate of drug-likeness (QED) is 0.663. The first-order valence-corrected chi connectivity index (χ1v) is 10.1. The number of amides is 1. The van der Waals surface area contributed by atoms with Crippen molar-refractivity contribution < 1.29 is 19.0 Å². The molecular weight excluding hydrogens is 388 g/mol. The lowest BCUT2D eigenvalue weighted by atomic mass is 10.2. The van der Waals surface area contributed by atoms with E-state index in [1.807, 2.05) is 55.5 Å². The van der Waals surface area contributed by atoms with Crippen molar-refractivity contribution in [3.05, 3.63) is 52.9 Å². The molecule has 0 unspecified atom stereocenters. The third-order valence-electron chi connectivity index (χ3n) is 4.34. The summed E-state index contributed by atoms with van der Waals surface area (Å²) < 4.78 is 16.5. The van der Waals surface area contributed by atoms with E-state index in [1.165, 1.54) is 11.8 Å². The molecule has 1 fully saturated rings. The van der Waals surface area contributed by atoms with Crippen LogP contribution in [0, 0.1) is 0 Å². The second kappa shape index (κ2) is 9.52. The van der Waals surface area contributed by atoms with Gasteiger partial charge in [0, 0.05) is 0 Å². The van der Waals surface area contributed by atoms with Crippen LogP contribution in [0.15, 0.2) is 52.4 Å². The van der Waals surface area contributed by atoms with Crippen LogP contribution in [-0.4, -0.2) is 31.4 Å². The van der Waals surface area contributed by atoms with E-state index in [4.69, 9.17) is 14.2 Å². The maximum absolute atomic E-state index is 12.3. The SMILES string of the molecule is CC[C@H](C)Oc1ccc(/C=C2/SC(=Nc3ccc(OC)cc3)NC2=O)cc1OC. The molecule has 0 aromatic heterocycles. The maximum atomic E-state index is 12.3. The molecule has 0 spiro atoms. The fourth-order valence-electron chi connectivity index (χ4n) is 2.58. The van der Waals surface area contributed by atoms with Gasteiger partial charge in [-0.25, -0.2) is 4.99 Å². The predicted octanol–water partition coefficient (Wildman–Crippen LogP) is 4.77. The normalized spacial score (nSPS) is 17.3. The zero-order chi connectivity index (χ0) is 20.8. The van der Waals surface area contributed by atoms with E-state index in [0.717, 1.165) is 23.4 Å². The van der Waals surface area contributed by atoms with Crippen LogP contribution < -0.4 is 19.5 Å². The first kappa shape index (κ1) is 20.8. The summed E-state index contributed by atoms with van der Waals surface area (Å²) in [6.45, 7) is 4.08. The monoisotopic (exact) mass is 412 g/mol. The molecule has 2 aromatic carbocycles. The van der Waals surface area contributed by atoms with Gasteiger partial charge in [0.05, 0.1) is 30.9 Å². The number of carbonyl (C=O) groups excluding carboxylic acids is 1. The molecule has 1 amide bonds. The summed E-state index contributed by atoms with van der Waals surface area (Å²) >= 11 is 1.30. The third-order valence-corrected chi connectivity index (χ3v) is 5.25. The molecular formula is C22H24N2O4S. The first-order chi connectivity index (χ1) is 14.0. The standard InChI is InChI=1S/C22H24N2O4S/c1-5-14(2)28-18-11-6-15(12-19(18)27-4)13-20-21(25)24-22(29-20)23-16-7-9-17(26-3)10-8-16/h6-14H,5H2,1-4H3,(H,23,24,25)/b20-13+/t14-/m0/s1. The smallest absolute Gasteiger partial charge is 0.264 e. The van der Waals surface area contributed by atoms with Crippen molar-refractivity contribution in [3.63, 3.8) is 0 Å². The Hall–Kier alpha value is -2.93. The number of nitrogens with one attached hydrogen (secondary N) is 1. The Bertz CT molecular complexity index is 938. The second-order valence-corrected chi connectivity index (χ2v) is 7.46. The van der Waals surface area contributed by atoms with Crippen LogP contribution in [0.25, 0.3) is 6.08 Å². The number of amidine groups is 1. The topological polar surface area (TPSA) is 69.2 Å². The molecule has 3 rings (SSSR count). The van der Waals surface area contributed by atoms with Crippen molar-refractivity contribution >= 4 is 34.6 Å². The van der Waals surface area contributed by atoms with Crippen LogP contribution in [0.1, 0.15) is 25.8 Å². The minimum absolute atomic E-state index is 0.0981. The summed E-state index contributed by atoms with van der Waals surface area (Å²) in [7, 11) is 3.22. The molecule has 1 N–H and O–H groups in total. The van der Waals surface area contributed by atoms with E-state index < -0.39 is 0 Å². The van der Waals surface area contributed by atoms with Crippen molar-refractivity contribution in [3.8, 4) is 17.2 Å². The lowest BCUT2D eigenvalue weighted by Gasteiger charge is -2.15. The van der Waals surface area contributed by atoms with Gasteiger partial charge in [0.15, 0.2) is 16.7 Å². The molecule has 2 aromatic rings. The molecule has 1 saturated heterocycles. The summed E-state index contributed by atoms with van der Waals surface area (Å²) in [5.41, 5.74) is 1.59. The summed E-state index contributed by atoms with van der Waals surface area (Å²) in [6, 6.07) is 12.9. The molecule has 1 aliphatic heterocycles. The lowest BCUT2D eigenvalue weighted by Crippen LogP contribution is -2.19. The molecule has 0 radical (unpaired) electrons. The highest BCUT2D eigenvalue weighted by Crippen LogP contribution is 2.33. The van der Waals surface area contributed by atoms with Crippen molar-refractivity contribution in [1.82, 2.24) is 5.32 Å². The van der Waals surface area contributed by atoms with Crippen LogP contribution >= 0.6 is 11.8 Å². The average Bonchev–Trinajstić information content (AvgIpc) is 3.08. The number of benzene rings is 2. The van der Waals surface area contributed by atoms with Gasteiger partial charge in [0.25, 0.3) is 5.91 Å². The number of aliphatic imine (C=N–C) groups is 1. The molecule has 1 aliphatic rings. The van der Waals surface area contributed by atoms with Crippen LogP contribution in [0.5, 0.6) is 17.2 Å². The van der Waals surface area contributed by atoms with Gasteiger partial charge in [-0.3, -0.25) is 4.79 Å². The molecule has 0 aliphatic carbocycles. The summed E-state index contributed by atoms with van der Waals surface area (Å²) in [6.07, 6.45) is 2.81.